The van der Waals surface area contributed by atoms with E-state index in [2.05, 4.69) is 10.6 Å². The first-order valence-electron chi connectivity index (χ1n) is 7.01. The van der Waals surface area contributed by atoms with Crippen molar-refractivity contribution in [3.8, 4) is 0 Å². The molecule has 1 aromatic heterocycles. The Hall–Kier alpha value is -1.82. The van der Waals surface area contributed by atoms with Crippen LogP contribution in [0.2, 0.25) is 0 Å². The molecule has 0 fully saturated rings. The normalized spacial score (nSPS) is 14.3. The number of aliphatic hydroxyl groups excluding tert-OH is 1. The summed E-state index contributed by atoms with van der Waals surface area (Å²) in [6.07, 6.45) is 1.87. The molecule has 118 valence electrons. The molecule has 1 aromatic rings. The highest BCUT2D eigenvalue weighted by Gasteiger charge is 2.28. The van der Waals surface area contributed by atoms with E-state index in [1.807, 2.05) is 20.8 Å². The summed E-state index contributed by atoms with van der Waals surface area (Å²) in [5.74, 6) is -0.558. The van der Waals surface area contributed by atoms with E-state index in [0.29, 0.717) is 6.42 Å². The molecular weight excluding hydrogens is 272 g/mol. The van der Waals surface area contributed by atoms with Gasteiger partial charge in [0.25, 0.3) is 5.91 Å². The minimum Gasteiger partial charge on any atom is -0.459 e. The van der Waals surface area contributed by atoms with Gasteiger partial charge in [0.2, 0.25) is 5.91 Å². The molecular formula is C15H24N2O4. The monoisotopic (exact) mass is 296 g/mol. The van der Waals surface area contributed by atoms with Gasteiger partial charge in [0.1, 0.15) is 6.04 Å². The fraction of sp³-hybridized carbons (Fsp3) is 0.600. The topological polar surface area (TPSA) is 91.6 Å². The van der Waals surface area contributed by atoms with Crippen LogP contribution in [-0.2, 0) is 4.79 Å². The zero-order chi connectivity index (χ0) is 16.0. The van der Waals surface area contributed by atoms with E-state index in [9.17, 15) is 9.59 Å². The zero-order valence-electron chi connectivity index (χ0n) is 13.0. The number of hydrogen-bond donors (Lipinski definition) is 3. The summed E-state index contributed by atoms with van der Waals surface area (Å²) in [6.45, 7) is 7.56. The van der Waals surface area contributed by atoms with Crippen LogP contribution in [0.4, 0.5) is 0 Å². The standard InChI is InChI=1S/C15H24N2O4/c1-10(16-14(20)11-6-5-9-21-11)13(19)17-12(7-8-18)15(2,3)4/h5-6,9-10,12,18H,7-8H2,1-4H3,(H,16,20)(H,17,19). The molecule has 6 nitrogen and oxygen atoms in total. The lowest BCUT2D eigenvalue weighted by atomic mass is 9.85. The lowest BCUT2D eigenvalue weighted by Crippen LogP contribution is -2.51. The molecule has 0 radical (unpaired) electrons. The molecule has 6 heteroatoms. The van der Waals surface area contributed by atoms with Crippen LogP contribution >= 0.6 is 0 Å². The van der Waals surface area contributed by atoms with Crippen molar-refractivity contribution in [2.24, 2.45) is 5.41 Å². The molecule has 0 aliphatic heterocycles. The Morgan fingerprint density at radius 3 is 2.48 bits per heavy atom. The average Bonchev–Trinajstić information content (AvgIpc) is 2.90. The maximum absolute atomic E-state index is 12.1. The molecule has 0 aromatic carbocycles. The fourth-order valence-corrected chi connectivity index (χ4v) is 1.89. The number of amides is 2. The molecule has 0 aliphatic carbocycles. The van der Waals surface area contributed by atoms with E-state index >= 15 is 0 Å². The summed E-state index contributed by atoms with van der Waals surface area (Å²) >= 11 is 0. The second-order valence-corrected chi connectivity index (χ2v) is 6.11. The van der Waals surface area contributed by atoms with Crippen LogP contribution in [0.15, 0.2) is 22.8 Å². The summed E-state index contributed by atoms with van der Waals surface area (Å²) in [5, 5.41) is 14.5. The van der Waals surface area contributed by atoms with Crippen LogP contribution in [0.3, 0.4) is 0 Å². The first kappa shape index (κ1) is 17.2. The fourth-order valence-electron chi connectivity index (χ4n) is 1.89. The summed E-state index contributed by atoms with van der Waals surface area (Å²) in [6, 6.07) is 2.28. The highest BCUT2D eigenvalue weighted by atomic mass is 16.3. The van der Waals surface area contributed by atoms with Crippen molar-refractivity contribution in [1.82, 2.24) is 10.6 Å². The van der Waals surface area contributed by atoms with Crippen LogP contribution in [0.25, 0.3) is 0 Å². The molecule has 0 spiro atoms. The average molecular weight is 296 g/mol. The van der Waals surface area contributed by atoms with E-state index in [1.54, 1.807) is 13.0 Å². The van der Waals surface area contributed by atoms with Gasteiger partial charge in [-0.15, -0.1) is 0 Å². The molecule has 21 heavy (non-hydrogen) atoms. The van der Waals surface area contributed by atoms with Crippen LogP contribution in [0.5, 0.6) is 0 Å². The predicted molar refractivity (Wildman–Crippen MR) is 78.7 cm³/mol. The molecule has 1 rings (SSSR count). The summed E-state index contributed by atoms with van der Waals surface area (Å²) < 4.78 is 4.97. The lowest BCUT2D eigenvalue weighted by Gasteiger charge is -2.32. The number of rotatable bonds is 6. The van der Waals surface area contributed by atoms with Crippen molar-refractivity contribution < 1.29 is 19.1 Å². The van der Waals surface area contributed by atoms with E-state index in [-0.39, 0.29) is 29.7 Å². The van der Waals surface area contributed by atoms with Crippen LogP contribution < -0.4 is 10.6 Å². The Morgan fingerprint density at radius 2 is 2.00 bits per heavy atom. The van der Waals surface area contributed by atoms with Crippen molar-refractivity contribution in [2.45, 2.75) is 46.2 Å². The predicted octanol–water partition coefficient (Wildman–Crippen LogP) is 1.31. The highest BCUT2D eigenvalue weighted by Crippen LogP contribution is 2.21. The molecule has 0 saturated carbocycles. The quantitative estimate of drug-likeness (QED) is 0.738. The summed E-state index contributed by atoms with van der Waals surface area (Å²) in [4.78, 5) is 23.9. The van der Waals surface area contributed by atoms with Crippen LogP contribution in [-0.4, -0.2) is 35.6 Å². The van der Waals surface area contributed by atoms with Crippen molar-refractivity contribution in [3.63, 3.8) is 0 Å². The van der Waals surface area contributed by atoms with E-state index in [1.165, 1.54) is 12.3 Å². The number of carbonyl (C=O) groups excluding carboxylic acids is 2. The number of furan rings is 1. The third-order valence-electron chi connectivity index (χ3n) is 3.27. The molecule has 2 amide bonds. The van der Waals surface area contributed by atoms with Gasteiger partial charge in [-0.3, -0.25) is 9.59 Å². The number of aliphatic hydroxyl groups is 1. The maximum Gasteiger partial charge on any atom is 0.287 e. The van der Waals surface area contributed by atoms with Gasteiger partial charge in [-0.25, -0.2) is 0 Å². The lowest BCUT2D eigenvalue weighted by molar-refractivity contribution is -0.124. The Bertz CT molecular complexity index is 463. The minimum absolute atomic E-state index is 0.00461. The summed E-state index contributed by atoms with van der Waals surface area (Å²) in [5.41, 5.74) is -0.177. The first-order chi connectivity index (χ1) is 9.75. The molecule has 0 saturated heterocycles. The van der Waals surface area contributed by atoms with Gasteiger partial charge in [0.15, 0.2) is 5.76 Å². The Morgan fingerprint density at radius 1 is 1.33 bits per heavy atom. The Balaban J connectivity index is 2.59. The summed E-state index contributed by atoms with van der Waals surface area (Å²) in [7, 11) is 0. The third-order valence-corrected chi connectivity index (χ3v) is 3.27. The number of carbonyl (C=O) groups is 2. The maximum atomic E-state index is 12.1. The highest BCUT2D eigenvalue weighted by molar-refractivity contribution is 5.95. The number of nitrogens with one attached hydrogen (secondary N) is 2. The Kier molecular flexibility index (Phi) is 5.96. The first-order valence-corrected chi connectivity index (χ1v) is 7.01. The largest absolute Gasteiger partial charge is 0.459 e. The second-order valence-electron chi connectivity index (χ2n) is 6.11. The molecule has 3 N–H and O–H groups in total. The van der Waals surface area contributed by atoms with Gasteiger partial charge >= 0.3 is 0 Å². The van der Waals surface area contributed by atoms with Gasteiger partial charge in [-0.1, -0.05) is 20.8 Å². The second kappa shape index (κ2) is 7.26. The van der Waals surface area contributed by atoms with Crippen molar-refractivity contribution in [1.29, 1.82) is 0 Å². The molecule has 1 heterocycles. The smallest absolute Gasteiger partial charge is 0.287 e. The van der Waals surface area contributed by atoms with Gasteiger partial charge in [-0.05, 0) is 30.9 Å². The third kappa shape index (κ3) is 5.23. The molecule has 2 unspecified atom stereocenters. The van der Waals surface area contributed by atoms with Gasteiger partial charge < -0.3 is 20.2 Å². The number of hydrogen-bond acceptors (Lipinski definition) is 4. The van der Waals surface area contributed by atoms with Crippen molar-refractivity contribution in [2.75, 3.05) is 6.61 Å². The van der Waals surface area contributed by atoms with Crippen LogP contribution in [0, 0.1) is 5.41 Å². The van der Waals surface area contributed by atoms with Gasteiger partial charge in [0.05, 0.1) is 6.26 Å². The van der Waals surface area contributed by atoms with Gasteiger partial charge in [-0.2, -0.15) is 0 Å². The van der Waals surface area contributed by atoms with Crippen molar-refractivity contribution >= 4 is 11.8 Å². The Labute approximate surface area is 124 Å². The van der Waals surface area contributed by atoms with E-state index in [0.717, 1.165) is 0 Å². The molecule has 2 atom stereocenters. The SMILES string of the molecule is CC(NC(=O)c1ccco1)C(=O)NC(CCO)C(C)(C)C. The molecule has 0 bridgehead atoms. The minimum atomic E-state index is -0.689. The van der Waals surface area contributed by atoms with E-state index < -0.39 is 11.9 Å². The van der Waals surface area contributed by atoms with Crippen molar-refractivity contribution in [3.05, 3.63) is 24.2 Å². The molecule has 0 aliphatic rings. The van der Waals surface area contributed by atoms with Gasteiger partial charge in [0, 0.05) is 12.6 Å². The zero-order valence-corrected chi connectivity index (χ0v) is 13.0. The van der Waals surface area contributed by atoms with Crippen LogP contribution in [0.1, 0.15) is 44.7 Å². The van der Waals surface area contributed by atoms with E-state index in [4.69, 9.17) is 9.52 Å².